The van der Waals surface area contributed by atoms with E-state index < -0.39 is 0 Å². The highest BCUT2D eigenvalue weighted by atomic mass is 16.5. The van der Waals surface area contributed by atoms with E-state index in [9.17, 15) is 4.79 Å². The topological polar surface area (TPSA) is 64.2 Å². The molecule has 0 bridgehead atoms. The van der Waals surface area contributed by atoms with Crippen molar-refractivity contribution < 1.29 is 9.32 Å². The van der Waals surface area contributed by atoms with E-state index in [0.29, 0.717) is 11.7 Å². The Labute approximate surface area is 146 Å². The molecule has 6 nitrogen and oxygen atoms in total. The smallest absolute Gasteiger partial charge is 0.255 e. The first-order valence-electron chi connectivity index (χ1n) is 8.75. The van der Waals surface area contributed by atoms with Crippen molar-refractivity contribution in [2.24, 2.45) is 7.05 Å². The van der Waals surface area contributed by atoms with Crippen molar-refractivity contribution in [1.82, 2.24) is 19.6 Å². The molecule has 0 N–H and O–H groups in total. The predicted molar refractivity (Wildman–Crippen MR) is 94.3 cm³/mol. The molecule has 6 heteroatoms. The van der Waals surface area contributed by atoms with E-state index in [1.165, 1.54) is 0 Å². The summed E-state index contributed by atoms with van der Waals surface area (Å²) in [6.07, 6.45) is 3.80. The van der Waals surface area contributed by atoms with Gasteiger partial charge in [-0.05, 0) is 31.0 Å². The van der Waals surface area contributed by atoms with E-state index in [2.05, 4.69) is 10.1 Å². The van der Waals surface area contributed by atoms with Gasteiger partial charge in [0.1, 0.15) is 0 Å². The number of rotatable bonds is 3. The third kappa shape index (κ3) is 2.62. The van der Waals surface area contributed by atoms with Crippen LogP contribution in [0.15, 0.2) is 35.0 Å². The van der Waals surface area contributed by atoms with E-state index >= 15 is 0 Å². The molecule has 4 rings (SSSR count). The van der Waals surface area contributed by atoms with Crippen LogP contribution in [-0.4, -0.2) is 32.1 Å². The van der Waals surface area contributed by atoms with Crippen molar-refractivity contribution in [2.75, 3.05) is 6.54 Å². The maximum atomic E-state index is 13.2. The summed E-state index contributed by atoms with van der Waals surface area (Å²) >= 11 is 0. The second-order valence-corrected chi connectivity index (χ2v) is 6.97. The van der Waals surface area contributed by atoms with Crippen LogP contribution < -0.4 is 0 Å². The van der Waals surface area contributed by atoms with Crippen LogP contribution in [0.2, 0.25) is 0 Å². The van der Waals surface area contributed by atoms with Gasteiger partial charge >= 0.3 is 0 Å². The Morgan fingerprint density at radius 2 is 2.16 bits per heavy atom. The fourth-order valence-electron chi connectivity index (χ4n) is 3.54. The Kier molecular flexibility index (Phi) is 3.82. The van der Waals surface area contributed by atoms with Crippen LogP contribution in [0.5, 0.6) is 0 Å². The highest BCUT2D eigenvalue weighted by molar-refractivity contribution is 6.06. The van der Waals surface area contributed by atoms with Gasteiger partial charge in [-0.1, -0.05) is 25.1 Å². The Hall–Kier alpha value is -2.63. The third-order valence-corrected chi connectivity index (χ3v) is 4.92. The van der Waals surface area contributed by atoms with Gasteiger partial charge in [0.05, 0.1) is 6.04 Å². The number of benzene rings is 1. The number of aryl methyl sites for hydroxylation is 1. The van der Waals surface area contributed by atoms with Gasteiger partial charge in [0.15, 0.2) is 5.82 Å². The largest absolute Gasteiger partial charge is 0.351 e. The highest BCUT2D eigenvalue weighted by Gasteiger charge is 2.34. The molecule has 1 saturated heterocycles. The van der Waals surface area contributed by atoms with Gasteiger partial charge in [0, 0.05) is 42.2 Å². The summed E-state index contributed by atoms with van der Waals surface area (Å²) in [6, 6.07) is 7.75. The fourth-order valence-corrected chi connectivity index (χ4v) is 3.54. The molecule has 2 aromatic heterocycles. The molecule has 1 fully saturated rings. The lowest BCUT2D eigenvalue weighted by atomic mass is 10.1. The molecule has 0 aliphatic carbocycles. The number of amides is 1. The molecular formula is C19H22N4O2. The molecule has 3 aromatic rings. The van der Waals surface area contributed by atoms with Gasteiger partial charge in [0.25, 0.3) is 5.91 Å². The molecule has 0 radical (unpaired) electrons. The van der Waals surface area contributed by atoms with Gasteiger partial charge in [-0.25, -0.2) is 0 Å². The van der Waals surface area contributed by atoms with E-state index in [-0.39, 0.29) is 17.9 Å². The normalized spacial score (nSPS) is 17.8. The van der Waals surface area contributed by atoms with Crippen LogP contribution in [0.4, 0.5) is 0 Å². The van der Waals surface area contributed by atoms with E-state index in [1.54, 1.807) is 0 Å². The van der Waals surface area contributed by atoms with Crippen LogP contribution in [0.25, 0.3) is 10.9 Å². The van der Waals surface area contributed by atoms with Crippen molar-refractivity contribution in [3.8, 4) is 0 Å². The minimum atomic E-state index is -0.109. The lowest BCUT2D eigenvalue weighted by Crippen LogP contribution is -2.31. The predicted octanol–water partition coefficient (Wildman–Crippen LogP) is 3.66. The van der Waals surface area contributed by atoms with Gasteiger partial charge in [-0.2, -0.15) is 4.98 Å². The number of aromatic nitrogens is 3. The van der Waals surface area contributed by atoms with Crippen LogP contribution in [0, 0.1) is 0 Å². The van der Waals surface area contributed by atoms with Gasteiger partial charge in [-0.15, -0.1) is 0 Å². The monoisotopic (exact) mass is 338 g/mol. The van der Waals surface area contributed by atoms with Crippen molar-refractivity contribution in [1.29, 1.82) is 0 Å². The molecule has 25 heavy (non-hydrogen) atoms. The van der Waals surface area contributed by atoms with E-state index in [1.807, 2.05) is 60.8 Å². The molecule has 1 atom stereocenters. The molecule has 1 aromatic carbocycles. The van der Waals surface area contributed by atoms with Gasteiger partial charge in [0.2, 0.25) is 5.89 Å². The molecule has 130 valence electrons. The van der Waals surface area contributed by atoms with Gasteiger partial charge in [-0.3, -0.25) is 4.79 Å². The summed E-state index contributed by atoms with van der Waals surface area (Å²) in [5, 5.41) is 5.11. The fraction of sp³-hybridized carbons (Fsp3) is 0.421. The maximum absolute atomic E-state index is 13.2. The maximum Gasteiger partial charge on any atom is 0.255 e. The number of nitrogens with zero attached hydrogens (tertiary/aromatic N) is 4. The molecule has 1 aliphatic rings. The van der Waals surface area contributed by atoms with Crippen LogP contribution >= 0.6 is 0 Å². The van der Waals surface area contributed by atoms with Crippen LogP contribution in [0.3, 0.4) is 0 Å². The first-order chi connectivity index (χ1) is 12.1. The Bertz CT molecular complexity index is 925. The van der Waals surface area contributed by atoms with Crippen LogP contribution in [-0.2, 0) is 7.05 Å². The second-order valence-electron chi connectivity index (χ2n) is 6.97. The van der Waals surface area contributed by atoms with Crippen molar-refractivity contribution in [2.45, 2.75) is 38.6 Å². The quantitative estimate of drug-likeness (QED) is 0.731. The molecule has 0 unspecified atom stereocenters. The highest BCUT2D eigenvalue weighted by Crippen LogP contribution is 2.33. The number of carbonyl (C=O) groups is 1. The minimum Gasteiger partial charge on any atom is -0.351 e. The van der Waals surface area contributed by atoms with Gasteiger partial charge < -0.3 is 14.0 Å². The van der Waals surface area contributed by atoms with Crippen LogP contribution in [0.1, 0.15) is 60.7 Å². The SMILES string of the molecule is CC(C)c1nc([C@@H]2CCCN2C(=O)c2cccc3c2ccn3C)no1. The Balaban J connectivity index is 1.68. The molecule has 3 heterocycles. The van der Waals surface area contributed by atoms with Crippen molar-refractivity contribution >= 4 is 16.8 Å². The number of likely N-dealkylation sites (tertiary alicyclic amines) is 1. The Morgan fingerprint density at radius 1 is 1.32 bits per heavy atom. The molecule has 0 spiro atoms. The zero-order valence-corrected chi connectivity index (χ0v) is 14.8. The summed E-state index contributed by atoms with van der Waals surface area (Å²) in [5.41, 5.74) is 1.79. The summed E-state index contributed by atoms with van der Waals surface area (Å²) in [6.45, 7) is 4.76. The van der Waals surface area contributed by atoms with Crippen molar-refractivity contribution in [3.05, 3.63) is 47.7 Å². The number of carbonyl (C=O) groups excluding carboxylic acids is 1. The number of hydrogen-bond acceptors (Lipinski definition) is 4. The number of fused-ring (bicyclic) bond motifs is 1. The zero-order chi connectivity index (χ0) is 17.6. The standard InChI is InChI=1S/C19H22N4O2/c1-12(2)18-20-17(21-25-18)16-8-5-10-23(16)19(24)14-6-4-7-15-13(14)9-11-22(15)3/h4,6-7,9,11-12,16H,5,8,10H2,1-3H3/t16-/m0/s1. The minimum absolute atomic E-state index is 0.0372. The summed E-state index contributed by atoms with van der Waals surface area (Å²) in [7, 11) is 1.99. The molecule has 0 saturated carbocycles. The lowest BCUT2D eigenvalue weighted by molar-refractivity contribution is 0.0730. The summed E-state index contributed by atoms with van der Waals surface area (Å²) in [5.74, 6) is 1.47. The zero-order valence-electron chi connectivity index (χ0n) is 14.8. The molecule has 1 amide bonds. The third-order valence-electron chi connectivity index (χ3n) is 4.92. The first-order valence-corrected chi connectivity index (χ1v) is 8.75. The van der Waals surface area contributed by atoms with E-state index in [4.69, 9.17) is 4.52 Å². The van der Waals surface area contributed by atoms with E-state index in [0.717, 1.165) is 35.9 Å². The molecule has 1 aliphatic heterocycles. The molecular weight excluding hydrogens is 316 g/mol. The average Bonchev–Trinajstić information content (AvgIpc) is 3.33. The lowest BCUT2D eigenvalue weighted by Gasteiger charge is -2.22. The number of hydrogen-bond donors (Lipinski definition) is 0. The second kappa shape index (κ2) is 6.02. The first kappa shape index (κ1) is 15.9. The van der Waals surface area contributed by atoms with Crippen molar-refractivity contribution in [3.63, 3.8) is 0 Å². The Morgan fingerprint density at radius 3 is 2.92 bits per heavy atom. The average molecular weight is 338 g/mol. The summed E-state index contributed by atoms with van der Waals surface area (Å²) < 4.78 is 7.37. The summed E-state index contributed by atoms with van der Waals surface area (Å²) in [4.78, 5) is 19.6.